The van der Waals surface area contributed by atoms with Gasteiger partial charge >= 0.3 is 0 Å². The first kappa shape index (κ1) is 18.6. The van der Waals surface area contributed by atoms with Gasteiger partial charge in [0.2, 0.25) is 10.0 Å². The van der Waals surface area contributed by atoms with Crippen molar-refractivity contribution >= 4 is 26.0 Å². The Kier molecular flexibility index (Phi) is 6.84. The third-order valence-corrected chi connectivity index (χ3v) is 6.31. The predicted molar refractivity (Wildman–Crippen MR) is 90.8 cm³/mol. The van der Waals surface area contributed by atoms with E-state index in [2.05, 4.69) is 35.1 Å². The van der Waals surface area contributed by atoms with Gasteiger partial charge in [0.1, 0.15) is 0 Å². The molecule has 0 saturated heterocycles. The molecule has 0 unspecified atom stereocenters. The van der Waals surface area contributed by atoms with Crippen molar-refractivity contribution in [2.75, 3.05) is 6.54 Å². The first-order valence-corrected chi connectivity index (χ1v) is 9.47. The van der Waals surface area contributed by atoms with Crippen molar-refractivity contribution < 1.29 is 8.42 Å². The lowest BCUT2D eigenvalue weighted by Crippen LogP contribution is -2.36. The summed E-state index contributed by atoms with van der Waals surface area (Å²) in [5.74, 6) is 0. The molecule has 4 nitrogen and oxygen atoms in total. The van der Waals surface area contributed by atoms with Gasteiger partial charge in [0.25, 0.3) is 0 Å². The van der Waals surface area contributed by atoms with E-state index in [0.29, 0.717) is 22.0 Å². The Labute approximate surface area is 137 Å². The summed E-state index contributed by atoms with van der Waals surface area (Å²) in [5.41, 5.74) is 1.06. The highest BCUT2D eigenvalue weighted by Crippen LogP contribution is 2.27. The minimum atomic E-state index is -3.46. The first-order valence-electron chi connectivity index (χ1n) is 7.23. The molecule has 0 atom stereocenters. The van der Waals surface area contributed by atoms with Crippen LogP contribution in [0.1, 0.15) is 40.2 Å². The molecule has 0 aliphatic heterocycles. The Hall–Kier alpha value is -0.430. The molecule has 0 heterocycles. The molecule has 1 aromatic rings. The van der Waals surface area contributed by atoms with Gasteiger partial charge in [-0.15, -0.1) is 0 Å². The van der Waals surface area contributed by atoms with Gasteiger partial charge in [0.05, 0.1) is 4.90 Å². The average Bonchev–Trinajstić information content (AvgIpc) is 2.35. The van der Waals surface area contributed by atoms with Crippen LogP contribution in [0.15, 0.2) is 27.6 Å². The molecule has 0 amide bonds. The Balaban J connectivity index is 3.09. The molecular formula is C15H25BrN2O2S. The molecule has 0 fully saturated rings. The van der Waals surface area contributed by atoms with Crippen molar-refractivity contribution in [1.82, 2.24) is 9.62 Å². The van der Waals surface area contributed by atoms with E-state index in [1.54, 1.807) is 6.07 Å². The van der Waals surface area contributed by atoms with Crippen molar-refractivity contribution in [3.63, 3.8) is 0 Å². The molecule has 0 saturated carbocycles. The molecule has 21 heavy (non-hydrogen) atoms. The summed E-state index contributed by atoms with van der Waals surface area (Å²) in [6.07, 6.45) is 0. The Bertz CT molecular complexity index is 571. The highest BCUT2D eigenvalue weighted by molar-refractivity contribution is 9.10. The highest BCUT2D eigenvalue weighted by Gasteiger charge is 2.27. The second-order valence-electron chi connectivity index (χ2n) is 5.60. The zero-order valence-corrected chi connectivity index (χ0v) is 15.8. The van der Waals surface area contributed by atoms with E-state index in [4.69, 9.17) is 0 Å². The van der Waals surface area contributed by atoms with Crippen LogP contribution in [0.4, 0.5) is 0 Å². The summed E-state index contributed by atoms with van der Waals surface area (Å²) in [6.45, 7) is 11.0. The largest absolute Gasteiger partial charge is 0.310 e. The maximum absolute atomic E-state index is 12.7. The minimum absolute atomic E-state index is 0.0609. The quantitative estimate of drug-likeness (QED) is 0.793. The molecule has 1 aromatic carbocycles. The number of hydrogen-bond donors (Lipinski definition) is 1. The molecular weight excluding hydrogens is 352 g/mol. The van der Waals surface area contributed by atoms with Gasteiger partial charge in [0.15, 0.2) is 0 Å². The third-order valence-electron chi connectivity index (χ3n) is 3.19. The molecule has 0 spiro atoms. The van der Waals surface area contributed by atoms with Crippen LogP contribution >= 0.6 is 15.9 Å². The summed E-state index contributed by atoms with van der Waals surface area (Å²) in [6, 6.07) is 5.75. The van der Waals surface area contributed by atoms with Crippen LogP contribution in [0.25, 0.3) is 0 Å². The van der Waals surface area contributed by atoms with E-state index in [-0.39, 0.29) is 6.04 Å². The van der Waals surface area contributed by atoms with Crippen molar-refractivity contribution in [3.05, 3.63) is 28.2 Å². The Morgan fingerprint density at radius 2 is 1.86 bits per heavy atom. The summed E-state index contributed by atoms with van der Waals surface area (Å²) in [4.78, 5) is 0.325. The number of nitrogens with one attached hydrogen (secondary N) is 1. The van der Waals surface area contributed by atoms with Gasteiger partial charge in [-0.1, -0.05) is 26.8 Å². The summed E-state index contributed by atoms with van der Waals surface area (Å²) < 4.78 is 27.5. The van der Waals surface area contributed by atoms with Gasteiger partial charge < -0.3 is 5.32 Å². The van der Waals surface area contributed by atoms with Crippen molar-refractivity contribution in [2.45, 2.75) is 58.1 Å². The van der Waals surface area contributed by atoms with E-state index in [1.165, 1.54) is 4.31 Å². The standard InChI is InChI=1S/C15H25BrN2O2S/c1-6-18(12(4)5)21(19,20)15-8-7-13(9-14(15)16)10-17-11(2)3/h7-9,11-12,17H,6,10H2,1-5H3. The number of rotatable bonds is 7. The molecule has 0 bridgehead atoms. The summed E-state index contributed by atoms with van der Waals surface area (Å²) >= 11 is 3.40. The van der Waals surface area contributed by atoms with Gasteiger partial charge in [-0.05, 0) is 47.5 Å². The zero-order valence-electron chi connectivity index (χ0n) is 13.4. The number of nitrogens with zero attached hydrogens (tertiary/aromatic N) is 1. The van der Waals surface area contributed by atoms with Crippen molar-refractivity contribution in [2.24, 2.45) is 0 Å². The normalized spacial score (nSPS) is 12.6. The summed E-state index contributed by atoms with van der Waals surface area (Å²) in [5, 5.41) is 3.32. The fraction of sp³-hybridized carbons (Fsp3) is 0.600. The zero-order chi connectivity index (χ0) is 16.2. The van der Waals surface area contributed by atoms with E-state index in [9.17, 15) is 8.42 Å². The SMILES string of the molecule is CCN(C(C)C)S(=O)(=O)c1ccc(CNC(C)C)cc1Br. The minimum Gasteiger partial charge on any atom is -0.310 e. The predicted octanol–water partition coefficient (Wildman–Crippen LogP) is 3.37. The highest BCUT2D eigenvalue weighted by atomic mass is 79.9. The molecule has 1 rings (SSSR count). The lowest BCUT2D eigenvalue weighted by Gasteiger charge is -2.25. The van der Waals surface area contributed by atoms with Gasteiger partial charge in [-0.25, -0.2) is 8.42 Å². The topological polar surface area (TPSA) is 49.4 Å². The fourth-order valence-electron chi connectivity index (χ4n) is 2.12. The molecule has 0 aliphatic carbocycles. The molecule has 1 N–H and O–H groups in total. The Morgan fingerprint density at radius 3 is 2.29 bits per heavy atom. The third kappa shape index (κ3) is 4.77. The molecule has 0 radical (unpaired) electrons. The smallest absolute Gasteiger partial charge is 0.244 e. The van der Waals surface area contributed by atoms with Gasteiger partial charge in [-0.2, -0.15) is 4.31 Å². The van der Waals surface area contributed by atoms with Crippen LogP contribution in [-0.2, 0) is 16.6 Å². The molecule has 0 aliphatic rings. The van der Waals surface area contributed by atoms with Gasteiger partial charge in [-0.3, -0.25) is 0 Å². The van der Waals surface area contributed by atoms with E-state index < -0.39 is 10.0 Å². The molecule has 6 heteroatoms. The lowest BCUT2D eigenvalue weighted by atomic mass is 10.2. The van der Waals surface area contributed by atoms with Crippen LogP contribution in [0.5, 0.6) is 0 Å². The monoisotopic (exact) mass is 376 g/mol. The number of benzene rings is 1. The first-order chi connectivity index (χ1) is 9.70. The van der Waals surface area contributed by atoms with Crippen LogP contribution in [0.2, 0.25) is 0 Å². The second kappa shape index (κ2) is 7.72. The number of sulfonamides is 1. The van der Waals surface area contributed by atoms with E-state index in [0.717, 1.165) is 12.1 Å². The number of halogens is 1. The second-order valence-corrected chi connectivity index (χ2v) is 8.32. The molecule has 120 valence electrons. The maximum Gasteiger partial charge on any atom is 0.244 e. The van der Waals surface area contributed by atoms with Crippen molar-refractivity contribution in [1.29, 1.82) is 0 Å². The lowest BCUT2D eigenvalue weighted by molar-refractivity contribution is 0.369. The van der Waals surface area contributed by atoms with E-state index >= 15 is 0 Å². The van der Waals surface area contributed by atoms with Crippen LogP contribution in [-0.4, -0.2) is 31.4 Å². The van der Waals surface area contributed by atoms with Crippen LogP contribution in [0, 0.1) is 0 Å². The van der Waals surface area contributed by atoms with Gasteiger partial charge in [0, 0.05) is 29.6 Å². The summed E-state index contributed by atoms with van der Waals surface area (Å²) in [7, 11) is -3.46. The van der Waals surface area contributed by atoms with E-state index in [1.807, 2.05) is 32.9 Å². The average molecular weight is 377 g/mol. The fourth-order valence-corrected chi connectivity index (χ4v) is 4.86. The van der Waals surface area contributed by atoms with Crippen molar-refractivity contribution in [3.8, 4) is 0 Å². The van der Waals surface area contributed by atoms with Crippen LogP contribution < -0.4 is 5.32 Å². The molecule has 0 aromatic heterocycles. The van der Waals surface area contributed by atoms with Crippen LogP contribution in [0.3, 0.4) is 0 Å². The Morgan fingerprint density at radius 1 is 1.24 bits per heavy atom. The maximum atomic E-state index is 12.7. The number of hydrogen-bond acceptors (Lipinski definition) is 3.